The summed E-state index contributed by atoms with van der Waals surface area (Å²) in [5.74, 6) is -0.670. The predicted octanol–water partition coefficient (Wildman–Crippen LogP) is 4.49. The van der Waals surface area contributed by atoms with E-state index in [1.807, 2.05) is 72.4 Å². The molecule has 1 aromatic heterocycles. The zero-order valence-corrected chi connectivity index (χ0v) is 15.9. The number of hydrogen-bond donors (Lipinski definition) is 0. The van der Waals surface area contributed by atoms with Crippen molar-refractivity contribution in [2.75, 3.05) is 0 Å². The molecule has 0 bridgehead atoms. The first-order chi connectivity index (χ1) is 13.5. The highest BCUT2D eigenvalue weighted by atomic mass is 16.5. The molecule has 0 fully saturated rings. The van der Waals surface area contributed by atoms with Crippen molar-refractivity contribution in [1.82, 2.24) is 4.57 Å². The van der Waals surface area contributed by atoms with Crippen LogP contribution in [0.3, 0.4) is 0 Å². The van der Waals surface area contributed by atoms with Crippen molar-refractivity contribution in [3.05, 3.63) is 107 Å². The van der Waals surface area contributed by atoms with E-state index in [4.69, 9.17) is 4.74 Å². The SMILES string of the molecule is CC(=O)OC1=CC(C)(c2ccccc2)c2cn(Cc3ccccc3)cc2C1=O. The quantitative estimate of drug-likeness (QED) is 0.635. The van der Waals surface area contributed by atoms with E-state index in [0.717, 1.165) is 16.7 Å². The van der Waals surface area contributed by atoms with Crippen molar-refractivity contribution in [3.63, 3.8) is 0 Å². The monoisotopic (exact) mass is 371 g/mol. The highest BCUT2D eigenvalue weighted by molar-refractivity contribution is 6.11. The molecule has 0 saturated carbocycles. The summed E-state index contributed by atoms with van der Waals surface area (Å²) in [6.07, 6.45) is 5.64. The second-order valence-corrected chi connectivity index (χ2v) is 7.24. The lowest BCUT2D eigenvalue weighted by Gasteiger charge is -2.31. The maximum Gasteiger partial charge on any atom is 0.308 e. The van der Waals surface area contributed by atoms with E-state index in [1.54, 1.807) is 6.08 Å². The molecule has 140 valence electrons. The highest BCUT2D eigenvalue weighted by Gasteiger charge is 2.39. The zero-order valence-electron chi connectivity index (χ0n) is 15.9. The Bertz CT molecular complexity index is 1060. The van der Waals surface area contributed by atoms with Crippen LogP contribution >= 0.6 is 0 Å². The Labute approximate surface area is 164 Å². The molecule has 0 spiro atoms. The number of ketones is 1. The first-order valence-corrected chi connectivity index (χ1v) is 9.23. The molecule has 4 nitrogen and oxygen atoms in total. The van der Waals surface area contributed by atoms with Gasteiger partial charge in [0.15, 0.2) is 5.76 Å². The third-order valence-corrected chi connectivity index (χ3v) is 5.16. The summed E-state index contributed by atoms with van der Waals surface area (Å²) < 4.78 is 7.29. The van der Waals surface area contributed by atoms with Gasteiger partial charge in [0.05, 0.1) is 0 Å². The van der Waals surface area contributed by atoms with E-state index in [0.29, 0.717) is 12.1 Å². The number of aromatic nitrogens is 1. The second kappa shape index (κ2) is 6.97. The van der Waals surface area contributed by atoms with Crippen LogP contribution in [0.1, 0.15) is 40.9 Å². The van der Waals surface area contributed by atoms with Gasteiger partial charge >= 0.3 is 5.97 Å². The number of carbonyl (C=O) groups is 2. The molecule has 0 aliphatic heterocycles. The van der Waals surface area contributed by atoms with Crippen LogP contribution in [0.15, 0.2) is 84.9 Å². The van der Waals surface area contributed by atoms with Gasteiger partial charge in [-0.15, -0.1) is 0 Å². The Morgan fingerprint density at radius 3 is 2.29 bits per heavy atom. The van der Waals surface area contributed by atoms with Crippen LogP contribution in [-0.2, 0) is 21.5 Å². The lowest BCUT2D eigenvalue weighted by Crippen LogP contribution is -2.30. The molecule has 1 unspecified atom stereocenters. The molecule has 4 heteroatoms. The van der Waals surface area contributed by atoms with Gasteiger partial charge in [0, 0.05) is 36.8 Å². The van der Waals surface area contributed by atoms with E-state index >= 15 is 0 Å². The van der Waals surface area contributed by atoms with Crippen LogP contribution in [-0.4, -0.2) is 16.3 Å². The Morgan fingerprint density at radius 2 is 1.64 bits per heavy atom. The summed E-state index contributed by atoms with van der Waals surface area (Å²) in [5, 5.41) is 0. The number of allylic oxidation sites excluding steroid dienone is 2. The molecular weight excluding hydrogens is 350 g/mol. The van der Waals surface area contributed by atoms with Crippen molar-refractivity contribution in [2.24, 2.45) is 0 Å². The van der Waals surface area contributed by atoms with E-state index < -0.39 is 11.4 Å². The van der Waals surface area contributed by atoms with Gasteiger partial charge in [-0.25, -0.2) is 0 Å². The zero-order chi connectivity index (χ0) is 19.7. The van der Waals surface area contributed by atoms with Crippen LogP contribution in [0.4, 0.5) is 0 Å². The van der Waals surface area contributed by atoms with Gasteiger partial charge in [-0.2, -0.15) is 0 Å². The number of fused-ring (bicyclic) bond motifs is 1. The maximum absolute atomic E-state index is 13.0. The van der Waals surface area contributed by atoms with Gasteiger partial charge in [0.25, 0.3) is 0 Å². The maximum atomic E-state index is 13.0. The number of esters is 1. The van der Waals surface area contributed by atoms with E-state index in [1.165, 1.54) is 6.92 Å². The third-order valence-electron chi connectivity index (χ3n) is 5.16. The van der Waals surface area contributed by atoms with Crippen molar-refractivity contribution >= 4 is 11.8 Å². The standard InChI is InChI=1S/C24H21NO3/c1-17(26)28-22-13-24(2,19-11-7-4-8-12-19)21-16-25(15-20(21)23(22)27)14-18-9-5-3-6-10-18/h3-13,15-16H,14H2,1-2H3. The van der Waals surface area contributed by atoms with Crippen LogP contribution in [0.2, 0.25) is 0 Å². The molecule has 2 aromatic carbocycles. The van der Waals surface area contributed by atoms with Gasteiger partial charge in [-0.3, -0.25) is 9.59 Å². The van der Waals surface area contributed by atoms with E-state index in [2.05, 4.69) is 12.1 Å². The number of Topliss-reactive ketones (excluding diaryl/α,β-unsaturated/α-hetero) is 1. The number of benzene rings is 2. The lowest BCUT2D eigenvalue weighted by molar-refractivity contribution is -0.136. The largest absolute Gasteiger partial charge is 0.423 e. The minimum Gasteiger partial charge on any atom is -0.423 e. The second-order valence-electron chi connectivity index (χ2n) is 7.24. The summed E-state index contributed by atoms with van der Waals surface area (Å²) >= 11 is 0. The molecule has 0 radical (unpaired) electrons. The minimum absolute atomic E-state index is 0.0869. The molecule has 1 aliphatic rings. The van der Waals surface area contributed by atoms with Crippen molar-refractivity contribution in [3.8, 4) is 0 Å². The fourth-order valence-corrected chi connectivity index (χ4v) is 3.78. The molecule has 3 aromatic rings. The molecule has 1 aliphatic carbocycles. The van der Waals surface area contributed by atoms with Crippen LogP contribution < -0.4 is 0 Å². The van der Waals surface area contributed by atoms with Crippen LogP contribution in [0.5, 0.6) is 0 Å². The van der Waals surface area contributed by atoms with Crippen LogP contribution in [0.25, 0.3) is 0 Å². The molecular formula is C24H21NO3. The summed E-state index contributed by atoms with van der Waals surface area (Å²) in [5.41, 5.74) is 3.09. The van der Waals surface area contributed by atoms with Crippen molar-refractivity contribution < 1.29 is 14.3 Å². The fraction of sp³-hybridized carbons (Fsp3) is 0.167. The van der Waals surface area contributed by atoms with E-state index in [9.17, 15) is 9.59 Å². The number of carbonyl (C=O) groups excluding carboxylic acids is 2. The number of nitrogens with zero attached hydrogens (tertiary/aromatic N) is 1. The molecule has 0 N–H and O–H groups in total. The fourth-order valence-electron chi connectivity index (χ4n) is 3.78. The average Bonchev–Trinajstić information content (AvgIpc) is 3.12. The Kier molecular flexibility index (Phi) is 4.47. The average molecular weight is 371 g/mol. The number of hydrogen-bond acceptors (Lipinski definition) is 3. The topological polar surface area (TPSA) is 48.3 Å². The molecule has 28 heavy (non-hydrogen) atoms. The summed E-state index contributed by atoms with van der Waals surface area (Å²) in [4.78, 5) is 24.5. The molecule has 0 saturated heterocycles. The molecule has 0 amide bonds. The first kappa shape index (κ1) is 18.0. The predicted molar refractivity (Wildman–Crippen MR) is 107 cm³/mol. The van der Waals surface area contributed by atoms with Crippen molar-refractivity contribution in [1.29, 1.82) is 0 Å². The van der Waals surface area contributed by atoms with Gasteiger partial charge in [-0.1, -0.05) is 60.7 Å². The number of rotatable bonds is 4. The Hall–Kier alpha value is -3.40. The lowest BCUT2D eigenvalue weighted by atomic mass is 9.72. The first-order valence-electron chi connectivity index (χ1n) is 9.23. The minimum atomic E-state index is -0.572. The molecule has 1 heterocycles. The van der Waals surface area contributed by atoms with Gasteiger partial charge in [0.2, 0.25) is 5.78 Å². The normalized spacial score (nSPS) is 18.4. The smallest absolute Gasteiger partial charge is 0.308 e. The Balaban J connectivity index is 1.83. The molecule has 4 rings (SSSR count). The Morgan fingerprint density at radius 1 is 1.00 bits per heavy atom. The van der Waals surface area contributed by atoms with Crippen LogP contribution in [0, 0.1) is 0 Å². The molecule has 1 atom stereocenters. The van der Waals surface area contributed by atoms with Gasteiger partial charge in [0.1, 0.15) is 0 Å². The van der Waals surface area contributed by atoms with Crippen molar-refractivity contribution in [2.45, 2.75) is 25.8 Å². The number of ether oxygens (including phenoxy) is 1. The summed E-state index contributed by atoms with van der Waals surface area (Å²) in [7, 11) is 0. The van der Waals surface area contributed by atoms with E-state index in [-0.39, 0.29) is 11.5 Å². The van der Waals surface area contributed by atoms with Gasteiger partial charge in [-0.05, 0) is 29.7 Å². The highest BCUT2D eigenvalue weighted by Crippen LogP contribution is 2.41. The third kappa shape index (κ3) is 3.18. The van der Waals surface area contributed by atoms with Gasteiger partial charge < -0.3 is 9.30 Å². The summed E-state index contributed by atoms with van der Waals surface area (Å²) in [6.45, 7) is 4.02. The summed E-state index contributed by atoms with van der Waals surface area (Å²) in [6, 6.07) is 20.0.